The maximum Gasteiger partial charge on any atom is 0.286 e. The van der Waals surface area contributed by atoms with Gasteiger partial charge in [0, 0.05) is 26.6 Å². The summed E-state index contributed by atoms with van der Waals surface area (Å²) in [5, 5.41) is 3.01. The first-order valence-corrected chi connectivity index (χ1v) is 11.1. The first kappa shape index (κ1) is 22.9. The Morgan fingerprint density at radius 1 is 1.16 bits per heavy atom. The lowest BCUT2D eigenvalue weighted by molar-refractivity contribution is -0.131. The van der Waals surface area contributed by atoms with Gasteiger partial charge < -0.3 is 14.6 Å². The lowest BCUT2D eigenvalue weighted by Gasteiger charge is -2.37. The maximum absolute atomic E-state index is 12.9. The Morgan fingerprint density at radius 2 is 1.90 bits per heavy atom. The van der Waals surface area contributed by atoms with Gasteiger partial charge in [0.05, 0.1) is 6.26 Å². The molecule has 0 fully saturated rings. The molecule has 0 radical (unpaired) electrons. The van der Waals surface area contributed by atoms with Gasteiger partial charge >= 0.3 is 0 Å². The highest BCUT2D eigenvalue weighted by molar-refractivity contribution is 5.91. The number of amides is 2. The van der Waals surface area contributed by atoms with Gasteiger partial charge in [-0.3, -0.25) is 9.59 Å². The van der Waals surface area contributed by atoms with Crippen LogP contribution in [-0.4, -0.2) is 30.3 Å². The number of hydrogen-bond donors (Lipinski definition) is 1. The molecule has 0 aliphatic heterocycles. The van der Waals surface area contributed by atoms with Crippen LogP contribution in [0.5, 0.6) is 0 Å². The van der Waals surface area contributed by atoms with Crippen molar-refractivity contribution >= 4 is 11.8 Å². The second kappa shape index (κ2) is 10.5. The van der Waals surface area contributed by atoms with Crippen molar-refractivity contribution in [1.29, 1.82) is 0 Å². The topological polar surface area (TPSA) is 62.6 Å². The number of carbonyl (C=O) groups excluding carboxylic acids is 2. The smallest absolute Gasteiger partial charge is 0.286 e. The summed E-state index contributed by atoms with van der Waals surface area (Å²) in [6, 6.07) is 13.5. The SMILES string of the molecule is CC1=C[C@@H](CNC(=O)c2ccco2)[C@H](C(C)C)C[C@H]1CC(=O)N(C)Cc1ccccc1. The highest BCUT2D eigenvalue weighted by Crippen LogP contribution is 2.39. The maximum atomic E-state index is 12.9. The summed E-state index contributed by atoms with van der Waals surface area (Å²) in [5.74, 6) is 1.71. The largest absolute Gasteiger partial charge is 0.459 e. The second-order valence-electron chi connectivity index (χ2n) is 9.04. The quantitative estimate of drug-likeness (QED) is 0.615. The minimum Gasteiger partial charge on any atom is -0.459 e. The van der Waals surface area contributed by atoms with E-state index in [-0.39, 0.29) is 23.7 Å². The van der Waals surface area contributed by atoms with Crippen molar-refractivity contribution < 1.29 is 14.0 Å². The van der Waals surface area contributed by atoms with Crippen LogP contribution in [0.25, 0.3) is 0 Å². The van der Waals surface area contributed by atoms with E-state index in [1.807, 2.05) is 42.3 Å². The molecular weight excluding hydrogens is 388 g/mol. The molecule has 2 aromatic rings. The highest BCUT2D eigenvalue weighted by atomic mass is 16.3. The van der Waals surface area contributed by atoms with Crippen LogP contribution in [0.2, 0.25) is 0 Å². The molecule has 0 unspecified atom stereocenters. The lowest BCUT2D eigenvalue weighted by Crippen LogP contribution is -2.37. The van der Waals surface area contributed by atoms with Gasteiger partial charge in [0.15, 0.2) is 5.76 Å². The van der Waals surface area contributed by atoms with E-state index in [4.69, 9.17) is 4.42 Å². The predicted molar refractivity (Wildman–Crippen MR) is 122 cm³/mol. The molecule has 166 valence electrons. The Labute approximate surface area is 185 Å². The number of benzene rings is 1. The van der Waals surface area contributed by atoms with E-state index < -0.39 is 0 Å². The van der Waals surface area contributed by atoms with E-state index in [1.54, 1.807) is 12.1 Å². The van der Waals surface area contributed by atoms with Crippen molar-refractivity contribution in [3.05, 3.63) is 71.7 Å². The number of nitrogens with one attached hydrogen (secondary N) is 1. The van der Waals surface area contributed by atoms with Crippen LogP contribution in [0, 0.1) is 23.7 Å². The van der Waals surface area contributed by atoms with E-state index in [2.05, 4.69) is 32.2 Å². The Hall–Kier alpha value is -2.82. The van der Waals surface area contributed by atoms with Crippen molar-refractivity contribution in [2.75, 3.05) is 13.6 Å². The summed E-state index contributed by atoms with van der Waals surface area (Å²) in [6.07, 6.45) is 5.27. The number of nitrogens with zero attached hydrogens (tertiary/aromatic N) is 1. The number of rotatable bonds is 8. The van der Waals surface area contributed by atoms with Crippen molar-refractivity contribution in [1.82, 2.24) is 10.2 Å². The molecule has 0 bridgehead atoms. The molecule has 5 heteroatoms. The van der Waals surface area contributed by atoms with Crippen LogP contribution in [-0.2, 0) is 11.3 Å². The van der Waals surface area contributed by atoms with Crippen LogP contribution < -0.4 is 5.32 Å². The fraction of sp³-hybridized carbons (Fsp3) is 0.462. The predicted octanol–water partition coefficient (Wildman–Crippen LogP) is 4.91. The van der Waals surface area contributed by atoms with E-state index >= 15 is 0 Å². The van der Waals surface area contributed by atoms with E-state index in [0.29, 0.717) is 37.1 Å². The minimum absolute atomic E-state index is 0.175. The number of carbonyl (C=O) groups is 2. The molecule has 0 saturated carbocycles. The first-order valence-electron chi connectivity index (χ1n) is 11.1. The van der Waals surface area contributed by atoms with Crippen LogP contribution in [0.3, 0.4) is 0 Å². The van der Waals surface area contributed by atoms with E-state index in [1.165, 1.54) is 11.8 Å². The van der Waals surface area contributed by atoms with Crippen LogP contribution in [0.1, 0.15) is 49.7 Å². The van der Waals surface area contributed by atoms with Gasteiger partial charge in [-0.1, -0.05) is 55.8 Å². The van der Waals surface area contributed by atoms with Gasteiger partial charge in [0.25, 0.3) is 5.91 Å². The van der Waals surface area contributed by atoms with Gasteiger partial charge in [-0.2, -0.15) is 0 Å². The zero-order chi connectivity index (χ0) is 22.4. The van der Waals surface area contributed by atoms with Crippen LogP contribution in [0.4, 0.5) is 0 Å². The number of hydrogen-bond acceptors (Lipinski definition) is 3. The van der Waals surface area contributed by atoms with Gasteiger partial charge in [-0.15, -0.1) is 0 Å². The summed E-state index contributed by atoms with van der Waals surface area (Å²) >= 11 is 0. The zero-order valence-electron chi connectivity index (χ0n) is 19.0. The Balaban J connectivity index is 1.61. The van der Waals surface area contributed by atoms with Crippen LogP contribution in [0.15, 0.2) is 64.8 Å². The van der Waals surface area contributed by atoms with Gasteiger partial charge in [0.1, 0.15) is 0 Å². The number of allylic oxidation sites excluding steroid dienone is 1. The second-order valence-corrected chi connectivity index (χ2v) is 9.04. The average molecular weight is 423 g/mol. The Morgan fingerprint density at radius 3 is 2.55 bits per heavy atom. The molecule has 31 heavy (non-hydrogen) atoms. The zero-order valence-corrected chi connectivity index (χ0v) is 19.0. The molecule has 1 aromatic carbocycles. The molecule has 0 spiro atoms. The third kappa shape index (κ3) is 6.09. The molecule has 1 aliphatic carbocycles. The molecule has 2 amide bonds. The summed E-state index contributed by atoms with van der Waals surface area (Å²) in [4.78, 5) is 27.0. The third-order valence-electron chi connectivity index (χ3n) is 6.44. The standard InChI is InChI=1S/C26H34N2O3/c1-18(2)23-14-21(15-25(29)28(4)17-20-9-6-5-7-10-20)19(3)13-22(23)16-27-26(30)24-11-8-12-31-24/h5-13,18,21-23H,14-17H2,1-4H3,(H,27,30)/t21-,22-,23-/m0/s1. The molecule has 3 atom stereocenters. The van der Waals surface area contributed by atoms with E-state index in [9.17, 15) is 9.59 Å². The van der Waals surface area contributed by atoms with Crippen molar-refractivity contribution in [3.8, 4) is 0 Å². The Bertz CT molecular complexity index is 887. The molecule has 1 aromatic heterocycles. The molecular formula is C26H34N2O3. The number of furan rings is 1. The highest BCUT2D eigenvalue weighted by Gasteiger charge is 2.33. The fourth-order valence-electron chi connectivity index (χ4n) is 4.53. The molecule has 1 heterocycles. The lowest BCUT2D eigenvalue weighted by atomic mass is 9.69. The summed E-state index contributed by atoms with van der Waals surface area (Å²) in [5.41, 5.74) is 2.39. The van der Waals surface area contributed by atoms with Crippen molar-refractivity contribution in [2.45, 2.75) is 40.2 Å². The first-order chi connectivity index (χ1) is 14.8. The molecule has 1 aliphatic rings. The van der Waals surface area contributed by atoms with E-state index in [0.717, 1.165) is 12.0 Å². The summed E-state index contributed by atoms with van der Waals surface area (Å²) in [7, 11) is 1.88. The van der Waals surface area contributed by atoms with Crippen molar-refractivity contribution in [2.24, 2.45) is 23.7 Å². The normalized spacial score (nSPS) is 20.9. The monoisotopic (exact) mass is 422 g/mol. The molecule has 3 rings (SSSR count). The van der Waals surface area contributed by atoms with Crippen LogP contribution >= 0.6 is 0 Å². The van der Waals surface area contributed by atoms with Gasteiger partial charge in [-0.25, -0.2) is 0 Å². The fourth-order valence-corrected chi connectivity index (χ4v) is 4.53. The molecule has 0 saturated heterocycles. The van der Waals surface area contributed by atoms with Crippen molar-refractivity contribution in [3.63, 3.8) is 0 Å². The molecule has 5 nitrogen and oxygen atoms in total. The minimum atomic E-state index is -0.182. The Kier molecular flexibility index (Phi) is 7.72. The van der Waals surface area contributed by atoms with Gasteiger partial charge in [0.2, 0.25) is 5.91 Å². The third-order valence-corrected chi connectivity index (χ3v) is 6.44. The summed E-state index contributed by atoms with van der Waals surface area (Å²) in [6.45, 7) is 7.77. The van der Waals surface area contributed by atoms with Gasteiger partial charge in [-0.05, 0) is 54.7 Å². The molecule has 1 N–H and O–H groups in total. The average Bonchev–Trinajstić information content (AvgIpc) is 3.29. The summed E-state index contributed by atoms with van der Waals surface area (Å²) < 4.78 is 5.19.